The van der Waals surface area contributed by atoms with E-state index in [1.807, 2.05) is 84.9 Å². The number of hydrogen-bond acceptors (Lipinski definition) is 7. The number of nitrogens with zero attached hydrogens (tertiary/aromatic N) is 6. The van der Waals surface area contributed by atoms with Gasteiger partial charge >= 0.3 is 5.97 Å². The molecule has 0 saturated carbocycles. The number of aromatic nitrogens is 6. The summed E-state index contributed by atoms with van der Waals surface area (Å²) in [4.78, 5) is 20.0. The van der Waals surface area contributed by atoms with Crippen LogP contribution < -0.4 is 0 Å². The quantitative estimate of drug-likeness (QED) is 0.0806. The zero-order valence-electron chi connectivity index (χ0n) is 39.5. The Morgan fingerprint density at radius 3 is 1.73 bits per heavy atom. The van der Waals surface area contributed by atoms with E-state index < -0.39 is 5.54 Å². The summed E-state index contributed by atoms with van der Waals surface area (Å²) in [6, 6.07) is 51.4. The van der Waals surface area contributed by atoms with Crippen molar-refractivity contribution in [1.82, 2.24) is 29.8 Å². The van der Waals surface area contributed by atoms with E-state index in [2.05, 4.69) is 120 Å². The summed E-state index contributed by atoms with van der Waals surface area (Å²) in [5, 5.41) is 26.3. The van der Waals surface area contributed by atoms with Gasteiger partial charge in [-0.1, -0.05) is 218 Å². The molecule has 0 bridgehead atoms. The lowest BCUT2D eigenvalue weighted by Gasteiger charge is -2.34. The fraction of sp³-hybridized carbons (Fsp3) is 0.281. The van der Waals surface area contributed by atoms with Gasteiger partial charge in [0, 0.05) is 18.5 Å². The second-order valence-corrected chi connectivity index (χ2v) is 19.6. The van der Waals surface area contributed by atoms with Gasteiger partial charge in [-0.25, -0.2) is 4.98 Å². The van der Waals surface area contributed by atoms with E-state index in [4.69, 9.17) is 36.7 Å². The van der Waals surface area contributed by atoms with Gasteiger partial charge in [0.05, 0.1) is 12.1 Å². The fourth-order valence-corrected chi connectivity index (χ4v) is 9.17. The maximum absolute atomic E-state index is 13.5. The Labute approximate surface area is 399 Å². The molecule has 2 heterocycles. The minimum Gasteiger partial charge on any atom is -0.507 e. The zero-order valence-corrected chi connectivity index (χ0v) is 40.3. The molecule has 0 unspecified atom stereocenters. The molecule has 67 heavy (non-hydrogen) atoms. The number of tetrazole rings is 1. The van der Waals surface area contributed by atoms with E-state index in [0.29, 0.717) is 23.2 Å². The van der Waals surface area contributed by atoms with Crippen molar-refractivity contribution in [3.63, 3.8) is 0 Å². The van der Waals surface area contributed by atoms with E-state index in [1.54, 1.807) is 4.80 Å². The van der Waals surface area contributed by atoms with Crippen LogP contribution in [0.1, 0.15) is 112 Å². The second-order valence-electron chi connectivity index (χ2n) is 19.3. The van der Waals surface area contributed by atoms with Crippen LogP contribution in [0.15, 0.2) is 152 Å². The molecule has 342 valence electrons. The number of esters is 1. The molecule has 0 amide bonds. The second kappa shape index (κ2) is 19.6. The van der Waals surface area contributed by atoms with Crippen LogP contribution in [-0.2, 0) is 51.9 Å². The number of carbonyl (C=O) groups excluding carboxylic acids is 1. The average molecular weight is 912 g/mol. The number of hydrogen-bond donors (Lipinski definition) is 1. The van der Waals surface area contributed by atoms with E-state index in [-0.39, 0.29) is 35.6 Å². The molecule has 2 aromatic heterocycles. The number of aryl methyl sites for hydroxylation is 1. The summed E-state index contributed by atoms with van der Waals surface area (Å²) in [5.41, 5.74) is 8.41. The zero-order chi connectivity index (χ0) is 47.3. The van der Waals surface area contributed by atoms with Gasteiger partial charge in [0.25, 0.3) is 0 Å². The SMILES string of the molecule is CCCCc1nc(Cl)c(COC(=O)Cc2cc(C(C)(C)C)c(O)c(C(C)(C)C)c2)n1Cc1ccc(-c2ccccc2-c2nnn(C(c3ccccc3)(c3ccccc3)c3ccccc3)n2)cc1. The van der Waals surface area contributed by atoms with Crippen LogP contribution in [0.5, 0.6) is 5.75 Å². The van der Waals surface area contributed by atoms with E-state index in [9.17, 15) is 9.90 Å². The molecular formula is C57H59ClN6O3. The van der Waals surface area contributed by atoms with Crippen molar-refractivity contribution < 1.29 is 14.6 Å². The first-order valence-corrected chi connectivity index (χ1v) is 23.5. The Hall–Kier alpha value is -6.84. The smallest absolute Gasteiger partial charge is 0.310 e. The summed E-state index contributed by atoms with van der Waals surface area (Å²) in [5.74, 6) is 1.25. The number of aromatic hydroxyl groups is 1. The van der Waals surface area contributed by atoms with Crippen molar-refractivity contribution in [2.45, 2.75) is 104 Å². The highest BCUT2D eigenvalue weighted by Crippen LogP contribution is 2.42. The number of rotatable bonds is 15. The molecule has 0 fully saturated rings. The predicted octanol–water partition coefficient (Wildman–Crippen LogP) is 12.7. The minimum absolute atomic E-state index is 0.0215. The molecule has 9 nitrogen and oxygen atoms in total. The number of ether oxygens (including phenoxy) is 1. The third-order valence-corrected chi connectivity index (χ3v) is 12.7. The first kappa shape index (κ1) is 46.7. The summed E-state index contributed by atoms with van der Waals surface area (Å²) >= 11 is 6.84. The predicted molar refractivity (Wildman–Crippen MR) is 267 cm³/mol. The van der Waals surface area contributed by atoms with E-state index in [1.165, 1.54) is 0 Å². The molecule has 0 atom stereocenters. The molecule has 0 aliphatic rings. The summed E-state index contributed by atoms with van der Waals surface area (Å²) < 4.78 is 8.04. The maximum Gasteiger partial charge on any atom is 0.310 e. The Morgan fingerprint density at radius 2 is 1.21 bits per heavy atom. The van der Waals surface area contributed by atoms with Gasteiger partial charge in [-0.3, -0.25) is 4.79 Å². The molecule has 8 aromatic rings. The largest absolute Gasteiger partial charge is 0.507 e. The topological polar surface area (TPSA) is 108 Å². The molecule has 0 spiro atoms. The van der Waals surface area contributed by atoms with Crippen molar-refractivity contribution in [1.29, 1.82) is 0 Å². The molecule has 0 radical (unpaired) electrons. The third kappa shape index (κ3) is 9.84. The molecule has 0 saturated heterocycles. The van der Waals surface area contributed by atoms with Crippen LogP contribution in [0, 0.1) is 0 Å². The third-order valence-electron chi connectivity index (χ3n) is 12.4. The highest BCUT2D eigenvalue weighted by atomic mass is 35.5. The normalized spacial score (nSPS) is 12.1. The molecule has 8 rings (SSSR count). The van der Waals surface area contributed by atoms with Gasteiger partial charge in [0.1, 0.15) is 18.2 Å². The number of phenols is 1. The lowest BCUT2D eigenvalue weighted by Crippen LogP contribution is -2.39. The molecule has 1 N–H and O–H groups in total. The Bertz CT molecular complexity index is 2820. The summed E-state index contributed by atoms with van der Waals surface area (Å²) in [7, 11) is 0. The number of carbonyl (C=O) groups is 1. The first-order chi connectivity index (χ1) is 32.2. The number of unbranched alkanes of at least 4 members (excludes halogenated alkanes) is 1. The Kier molecular flexibility index (Phi) is 13.6. The monoisotopic (exact) mass is 910 g/mol. The Balaban J connectivity index is 1.07. The molecule has 6 aromatic carbocycles. The van der Waals surface area contributed by atoms with Gasteiger partial charge in [-0.2, -0.15) is 0 Å². The minimum atomic E-state index is -0.895. The lowest BCUT2D eigenvalue weighted by molar-refractivity contribution is -0.144. The first-order valence-electron chi connectivity index (χ1n) is 23.1. The van der Waals surface area contributed by atoms with Crippen LogP contribution in [0.3, 0.4) is 0 Å². The van der Waals surface area contributed by atoms with Crippen LogP contribution in [0.25, 0.3) is 22.5 Å². The van der Waals surface area contributed by atoms with Gasteiger partial charge < -0.3 is 14.4 Å². The fourth-order valence-electron chi connectivity index (χ4n) is 8.91. The number of imidazole rings is 1. The van der Waals surface area contributed by atoms with Crippen molar-refractivity contribution >= 4 is 17.6 Å². The molecular weight excluding hydrogens is 852 g/mol. The highest BCUT2D eigenvalue weighted by molar-refractivity contribution is 6.30. The Morgan fingerprint density at radius 1 is 0.687 bits per heavy atom. The van der Waals surface area contributed by atoms with Gasteiger partial charge in [-0.05, 0) is 72.5 Å². The highest BCUT2D eigenvalue weighted by Gasteiger charge is 2.41. The van der Waals surface area contributed by atoms with Crippen molar-refractivity contribution in [3.05, 3.63) is 207 Å². The van der Waals surface area contributed by atoms with Crippen molar-refractivity contribution in [3.8, 4) is 28.3 Å². The van der Waals surface area contributed by atoms with Crippen LogP contribution >= 0.6 is 11.6 Å². The number of benzene rings is 6. The van der Waals surface area contributed by atoms with E-state index >= 15 is 0 Å². The van der Waals surface area contributed by atoms with E-state index in [0.717, 1.165) is 80.7 Å². The molecule has 10 heteroatoms. The van der Waals surface area contributed by atoms with Gasteiger partial charge in [0.15, 0.2) is 10.7 Å². The maximum atomic E-state index is 13.5. The van der Waals surface area contributed by atoms with Crippen molar-refractivity contribution in [2.75, 3.05) is 0 Å². The van der Waals surface area contributed by atoms with Crippen LogP contribution in [0.4, 0.5) is 0 Å². The number of phenolic OH excluding ortho intramolecular Hbond substituents is 1. The molecule has 0 aliphatic heterocycles. The van der Waals surface area contributed by atoms with Gasteiger partial charge in [-0.15, -0.1) is 15.0 Å². The lowest BCUT2D eigenvalue weighted by atomic mass is 9.77. The van der Waals surface area contributed by atoms with Crippen molar-refractivity contribution in [2.24, 2.45) is 0 Å². The standard InChI is InChI=1S/C57H59ClN6O3/c1-8-9-29-50-59-53(58)49(38-67-51(65)36-40-34-47(55(2,3)4)52(66)48(35-40)56(5,6)7)63(50)37-39-30-32-41(33-31-39)45-27-19-20-28-46(45)54-60-62-64(61-54)57(42-21-13-10-14-22-42,43-23-15-11-16-24-43)44-25-17-12-18-26-44/h10-28,30-35,66H,8-9,29,36-38H2,1-7H3. The summed E-state index contributed by atoms with van der Waals surface area (Å²) in [6.07, 6.45) is 2.74. The van der Waals surface area contributed by atoms with Gasteiger partial charge in [0.2, 0.25) is 5.82 Å². The number of halogens is 1. The summed E-state index contributed by atoms with van der Waals surface area (Å²) in [6.45, 7) is 15.0. The average Bonchev–Trinajstić information content (AvgIpc) is 3.93. The molecule has 0 aliphatic carbocycles. The van der Waals surface area contributed by atoms with Crippen LogP contribution in [-0.4, -0.2) is 40.8 Å². The van der Waals surface area contributed by atoms with Crippen LogP contribution in [0.2, 0.25) is 5.15 Å².